The molecular formula is C15H21ClF3N3O3S. The van der Waals surface area contributed by atoms with Crippen molar-refractivity contribution >= 4 is 22.4 Å². The van der Waals surface area contributed by atoms with E-state index in [1.165, 1.54) is 16.4 Å². The first-order valence-corrected chi connectivity index (χ1v) is 9.51. The summed E-state index contributed by atoms with van der Waals surface area (Å²) >= 11 is 0. The summed E-state index contributed by atoms with van der Waals surface area (Å²) in [7, 11) is -4.05. The molecule has 2 aliphatic rings. The molecule has 1 N–H and O–H groups in total. The van der Waals surface area contributed by atoms with Crippen LogP contribution in [0.4, 0.5) is 13.2 Å². The Morgan fingerprint density at radius 3 is 2.35 bits per heavy atom. The van der Waals surface area contributed by atoms with E-state index < -0.39 is 27.0 Å². The van der Waals surface area contributed by atoms with Gasteiger partial charge in [0.25, 0.3) is 0 Å². The molecule has 0 spiro atoms. The third-order valence-corrected chi connectivity index (χ3v) is 6.45. The number of ether oxygens (including phenoxy) is 1. The van der Waals surface area contributed by atoms with E-state index in [-0.39, 0.29) is 25.5 Å². The lowest BCUT2D eigenvalue weighted by Gasteiger charge is -2.37. The van der Waals surface area contributed by atoms with Crippen LogP contribution in [0.5, 0.6) is 5.75 Å². The van der Waals surface area contributed by atoms with Crippen LogP contribution < -0.4 is 10.1 Å². The third-order valence-electron chi connectivity index (χ3n) is 4.52. The van der Waals surface area contributed by atoms with Crippen LogP contribution in [0.1, 0.15) is 6.42 Å². The number of benzene rings is 1. The summed E-state index contributed by atoms with van der Waals surface area (Å²) < 4.78 is 68.3. The average Bonchev–Trinajstić information content (AvgIpc) is 3.08. The molecule has 2 heterocycles. The van der Waals surface area contributed by atoms with E-state index in [9.17, 15) is 21.6 Å². The van der Waals surface area contributed by atoms with Gasteiger partial charge in [-0.15, -0.1) is 25.6 Å². The molecular weight excluding hydrogens is 395 g/mol. The van der Waals surface area contributed by atoms with Gasteiger partial charge >= 0.3 is 6.36 Å². The predicted octanol–water partition coefficient (Wildman–Crippen LogP) is 1.68. The van der Waals surface area contributed by atoms with E-state index in [4.69, 9.17) is 0 Å². The summed E-state index contributed by atoms with van der Waals surface area (Å²) in [5, 5.41) is 3.27. The topological polar surface area (TPSA) is 61.9 Å². The molecule has 0 amide bonds. The van der Waals surface area contributed by atoms with Gasteiger partial charge < -0.3 is 10.1 Å². The first-order chi connectivity index (χ1) is 11.8. The van der Waals surface area contributed by atoms with Gasteiger partial charge in [0, 0.05) is 38.8 Å². The maximum Gasteiger partial charge on any atom is 0.573 e. The van der Waals surface area contributed by atoms with E-state index >= 15 is 0 Å². The van der Waals surface area contributed by atoms with Crippen LogP contribution in [0.15, 0.2) is 29.2 Å². The normalized spacial score (nSPS) is 22.8. The summed E-state index contributed by atoms with van der Waals surface area (Å²) in [6.07, 6.45) is -3.92. The minimum atomic E-state index is -4.94. The maximum atomic E-state index is 12.8. The number of rotatable bonds is 4. The third kappa shape index (κ3) is 4.80. The van der Waals surface area contributed by atoms with Gasteiger partial charge in [-0.1, -0.05) is 12.1 Å². The smallest absolute Gasteiger partial charge is 0.404 e. The van der Waals surface area contributed by atoms with Gasteiger partial charge in [0.15, 0.2) is 0 Å². The number of sulfonamides is 1. The van der Waals surface area contributed by atoms with Crippen LogP contribution in [0.2, 0.25) is 0 Å². The Morgan fingerprint density at radius 2 is 1.77 bits per heavy atom. The Hall–Kier alpha value is -1.07. The molecule has 26 heavy (non-hydrogen) atoms. The zero-order valence-corrected chi connectivity index (χ0v) is 15.5. The molecule has 2 aliphatic heterocycles. The number of halogens is 4. The minimum Gasteiger partial charge on any atom is -0.404 e. The highest BCUT2D eigenvalue weighted by Crippen LogP contribution is 2.31. The Kier molecular flexibility index (Phi) is 6.78. The van der Waals surface area contributed by atoms with E-state index in [1.807, 2.05) is 0 Å². The standard InChI is InChI=1S/C15H20F3N3O3S.ClH/c16-15(17,18)24-13-3-1-2-4-14(13)25(22,23)21-9-7-20(8-10-21)12-5-6-19-11-12;/h1-4,12,19H,5-11H2;1H. The highest BCUT2D eigenvalue weighted by molar-refractivity contribution is 7.89. The zero-order chi connectivity index (χ0) is 18.1. The van der Waals surface area contributed by atoms with E-state index in [2.05, 4.69) is 15.0 Å². The van der Waals surface area contributed by atoms with Gasteiger partial charge in [-0.3, -0.25) is 4.90 Å². The second-order valence-corrected chi connectivity index (χ2v) is 7.99. The molecule has 0 radical (unpaired) electrons. The van der Waals surface area contributed by atoms with Crippen LogP contribution >= 0.6 is 12.4 Å². The fourth-order valence-corrected chi connectivity index (χ4v) is 4.81. The summed E-state index contributed by atoms with van der Waals surface area (Å²) in [4.78, 5) is 1.77. The molecule has 0 aromatic heterocycles. The molecule has 1 aromatic carbocycles. The largest absolute Gasteiger partial charge is 0.573 e. The van der Waals surface area contributed by atoms with Crippen molar-refractivity contribution in [3.63, 3.8) is 0 Å². The Bertz CT molecular complexity index is 704. The first-order valence-electron chi connectivity index (χ1n) is 8.07. The fourth-order valence-electron chi connectivity index (χ4n) is 3.27. The van der Waals surface area contributed by atoms with E-state index in [0.717, 1.165) is 31.6 Å². The zero-order valence-electron chi connectivity index (χ0n) is 13.9. The number of piperazine rings is 1. The van der Waals surface area contributed by atoms with Crippen molar-refractivity contribution < 1.29 is 26.3 Å². The van der Waals surface area contributed by atoms with Crippen molar-refractivity contribution in [1.82, 2.24) is 14.5 Å². The molecule has 148 valence electrons. The number of hydrogen-bond donors (Lipinski definition) is 1. The lowest BCUT2D eigenvalue weighted by atomic mass is 10.2. The second kappa shape index (κ2) is 8.30. The Labute approximate surface area is 156 Å². The van der Waals surface area contributed by atoms with Crippen molar-refractivity contribution in [2.75, 3.05) is 39.3 Å². The van der Waals surface area contributed by atoms with Crippen molar-refractivity contribution in [1.29, 1.82) is 0 Å². The monoisotopic (exact) mass is 415 g/mol. The molecule has 0 bridgehead atoms. The second-order valence-electron chi connectivity index (χ2n) is 6.08. The molecule has 6 nitrogen and oxygen atoms in total. The van der Waals surface area contributed by atoms with Gasteiger partial charge in [-0.25, -0.2) is 8.42 Å². The number of nitrogens with zero attached hydrogens (tertiary/aromatic N) is 2. The number of hydrogen-bond acceptors (Lipinski definition) is 5. The molecule has 1 aromatic rings. The Morgan fingerprint density at radius 1 is 1.12 bits per heavy atom. The molecule has 0 aliphatic carbocycles. The molecule has 11 heteroatoms. The Balaban J connectivity index is 0.00000243. The first kappa shape index (κ1) is 21.2. The van der Waals surface area contributed by atoms with Crippen LogP contribution in [0.25, 0.3) is 0 Å². The highest BCUT2D eigenvalue weighted by Gasteiger charge is 2.37. The van der Waals surface area contributed by atoms with Gasteiger partial charge in [0.05, 0.1) is 0 Å². The van der Waals surface area contributed by atoms with E-state index in [1.54, 1.807) is 0 Å². The molecule has 1 unspecified atom stereocenters. The fraction of sp³-hybridized carbons (Fsp3) is 0.600. The lowest BCUT2D eigenvalue weighted by molar-refractivity contribution is -0.275. The molecule has 2 saturated heterocycles. The van der Waals surface area contributed by atoms with E-state index in [0.29, 0.717) is 19.1 Å². The molecule has 2 fully saturated rings. The van der Waals surface area contributed by atoms with Gasteiger partial charge in [-0.05, 0) is 25.1 Å². The number of alkyl halides is 3. The number of para-hydroxylation sites is 1. The average molecular weight is 416 g/mol. The lowest BCUT2D eigenvalue weighted by Crippen LogP contribution is -2.52. The van der Waals surface area contributed by atoms with Gasteiger partial charge in [0.2, 0.25) is 10.0 Å². The quantitative estimate of drug-likeness (QED) is 0.810. The maximum absolute atomic E-state index is 12.8. The van der Waals surface area contributed by atoms with Gasteiger partial charge in [-0.2, -0.15) is 4.31 Å². The molecule has 0 saturated carbocycles. The summed E-state index contributed by atoms with van der Waals surface area (Å²) in [5.74, 6) is -0.697. The van der Waals surface area contributed by atoms with Crippen molar-refractivity contribution in [3.8, 4) is 5.75 Å². The highest BCUT2D eigenvalue weighted by atomic mass is 35.5. The van der Waals surface area contributed by atoms with Crippen LogP contribution in [-0.2, 0) is 10.0 Å². The minimum absolute atomic E-state index is 0. The van der Waals surface area contributed by atoms with Crippen molar-refractivity contribution in [3.05, 3.63) is 24.3 Å². The van der Waals surface area contributed by atoms with Gasteiger partial charge in [0.1, 0.15) is 10.6 Å². The SMILES string of the molecule is Cl.O=S(=O)(c1ccccc1OC(F)(F)F)N1CCN(C2CCNC2)CC1. The van der Waals surface area contributed by atoms with Crippen molar-refractivity contribution in [2.24, 2.45) is 0 Å². The molecule has 3 rings (SSSR count). The number of nitrogens with one attached hydrogen (secondary N) is 1. The van der Waals surface area contributed by atoms with Crippen LogP contribution in [0, 0.1) is 0 Å². The summed E-state index contributed by atoms with van der Waals surface area (Å²) in [5.41, 5.74) is 0. The van der Waals surface area contributed by atoms with Crippen LogP contribution in [-0.4, -0.2) is 69.3 Å². The van der Waals surface area contributed by atoms with Crippen molar-refractivity contribution in [2.45, 2.75) is 23.7 Å². The molecule has 1 atom stereocenters. The van der Waals surface area contributed by atoms with Crippen LogP contribution in [0.3, 0.4) is 0 Å². The predicted molar refractivity (Wildman–Crippen MR) is 92.0 cm³/mol. The summed E-state index contributed by atoms with van der Waals surface area (Å²) in [6.45, 7) is 3.46. The summed E-state index contributed by atoms with van der Waals surface area (Å²) in [6, 6.07) is 5.25.